The molecule has 3 aromatic carbocycles. The lowest BCUT2D eigenvalue weighted by atomic mass is 9.91. The maximum Gasteiger partial charge on any atom is 0.228 e. The van der Waals surface area contributed by atoms with Gasteiger partial charge in [0, 0.05) is 24.2 Å². The van der Waals surface area contributed by atoms with E-state index in [0.29, 0.717) is 19.6 Å². The number of anilines is 1. The summed E-state index contributed by atoms with van der Waals surface area (Å²) >= 11 is 0. The zero-order valence-electron chi connectivity index (χ0n) is 21.4. The third-order valence-corrected chi connectivity index (χ3v) is 6.70. The van der Waals surface area contributed by atoms with Gasteiger partial charge in [0.25, 0.3) is 0 Å². The maximum atomic E-state index is 12.9. The van der Waals surface area contributed by atoms with Crippen LogP contribution < -0.4 is 10.1 Å². The summed E-state index contributed by atoms with van der Waals surface area (Å²) in [5.74, 6) is 0.727. The fraction of sp³-hybridized carbons (Fsp3) is 0.219. The molecule has 1 aromatic heterocycles. The average Bonchev–Trinajstić information content (AvgIpc) is 3.10. The summed E-state index contributed by atoms with van der Waals surface area (Å²) in [6.07, 6.45) is 3.14. The van der Waals surface area contributed by atoms with Crippen LogP contribution in [-0.4, -0.2) is 37.5 Å². The quantitative estimate of drug-likeness (QED) is 0.207. The number of amides is 1. The monoisotopic (exact) mass is 506 g/mol. The number of carbonyl (C=O) groups excluding carboxylic acids is 2. The number of methoxy groups -OCH3 is 1. The molecule has 1 aliphatic heterocycles. The van der Waals surface area contributed by atoms with Crippen molar-refractivity contribution < 1.29 is 19.1 Å². The van der Waals surface area contributed by atoms with E-state index in [2.05, 4.69) is 23.5 Å². The van der Waals surface area contributed by atoms with Crippen LogP contribution >= 0.6 is 0 Å². The zero-order chi connectivity index (χ0) is 26.3. The first-order chi connectivity index (χ1) is 18.7. The average molecular weight is 507 g/mol. The van der Waals surface area contributed by atoms with Crippen molar-refractivity contribution in [1.29, 1.82) is 0 Å². The topological polar surface area (TPSA) is 77.5 Å². The number of ether oxygens (including phenoxy) is 2. The molecule has 4 aromatic rings. The van der Waals surface area contributed by atoms with Crippen molar-refractivity contribution in [2.24, 2.45) is 0 Å². The number of nitrogens with one attached hydrogen (secondary N) is 1. The molecule has 38 heavy (non-hydrogen) atoms. The van der Waals surface area contributed by atoms with Crippen LogP contribution in [0.2, 0.25) is 0 Å². The molecular formula is C32H30N2O4. The molecule has 0 aliphatic carbocycles. The molecule has 0 fully saturated rings. The summed E-state index contributed by atoms with van der Waals surface area (Å²) in [5, 5.41) is 3.05. The Morgan fingerprint density at radius 3 is 2.55 bits per heavy atom. The maximum absolute atomic E-state index is 12.9. The van der Waals surface area contributed by atoms with E-state index >= 15 is 0 Å². The molecule has 0 saturated heterocycles. The van der Waals surface area contributed by atoms with E-state index in [0.717, 1.165) is 75.3 Å². The van der Waals surface area contributed by atoms with E-state index in [1.165, 1.54) is 0 Å². The molecule has 5 rings (SSSR count). The van der Waals surface area contributed by atoms with Gasteiger partial charge in [-0.2, -0.15) is 0 Å². The number of hydrogen-bond acceptors (Lipinski definition) is 5. The van der Waals surface area contributed by atoms with Crippen LogP contribution in [0.5, 0.6) is 5.75 Å². The first kappa shape index (κ1) is 25.4. The number of hydrogen-bond donors (Lipinski definition) is 1. The standard InChI is InChI=1S/C32H30N2O4/c1-37-30-19-24(15-14-23(30)11-7-17-38-18-8-16-35)26-20-29(22-9-3-2-4-10-22)34-32-25-12-5-6-13-28(25)33-31(36)21-27(26)32/h2-6,9-10,12-16,19-20H,7-8,11,17-18,21H2,1H3,(H,33,36). The fourth-order valence-electron chi connectivity index (χ4n) is 4.86. The number of para-hydroxylation sites is 1. The van der Waals surface area contributed by atoms with Gasteiger partial charge < -0.3 is 19.6 Å². The Morgan fingerprint density at radius 2 is 1.74 bits per heavy atom. The van der Waals surface area contributed by atoms with Gasteiger partial charge in [0.1, 0.15) is 12.0 Å². The van der Waals surface area contributed by atoms with Crippen molar-refractivity contribution in [3.63, 3.8) is 0 Å². The van der Waals surface area contributed by atoms with Gasteiger partial charge in [-0.1, -0.05) is 60.7 Å². The molecule has 6 nitrogen and oxygen atoms in total. The molecule has 0 bridgehead atoms. The van der Waals surface area contributed by atoms with E-state index in [1.807, 2.05) is 60.7 Å². The minimum absolute atomic E-state index is 0.0649. The molecule has 1 amide bonds. The summed E-state index contributed by atoms with van der Waals surface area (Å²) in [4.78, 5) is 28.5. The number of carbonyl (C=O) groups is 2. The predicted molar refractivity (Wildman–Crippen MR) is 149 cm³/mol. The lowest BCUT2D eigenvalue weighted by molar-refractivity contribution is -0.115. The van der Waals surface area contributed by atoms with Gasteiger partial charge in [0.2, 0.25) is 5.91 Å². The molecule has 6 heteroatoms. The number of nitrogens with zero attached hydrogens (tertiary/aromatic N) is 1. The minimum atomic E-state index is -0.0649. The molecule has 1 aliphatic rings. The molecule has 0 atom stereocenters. The van der Waals surface area contributed by atoms with E-state index < -0.39 is 0 Å². The number of benzene rings is 3. The van der Waals surface area contributed by atoms with E-state index in [-0.39, 0.29) is 12.3 Å². The van der Waals surface area contributed by atoms with Crippen LogP contribution in [0, 0.1) is 0 Å². The van der Waals surface area contributed by atoms with Crippen molar-refractivity contribution in [1.82, 2.24) is 4.98 Å². The van der Waals surface area contributed by atoms with Crippen LogP contribution in [0.3, 0.4) is 0 Å². The fourth-order valence-corrected chi connectivity index (χ4v) is 4.86. The van der Waals surface area contributed by atoms with E-state index in [9.17, 15) is 9.59 Å². The van der Waals surface area contributed by atoms with Gasteiger partial charge in [-0.3, -0.25) is 4.79 Å². The van der Waals surface area contributed by atoms with Crippen molar-refractivity contribution in [2.75, 3.05) is 25.6 Å². The Labute approximate surface area is 222 Å². The summed E-state index contributed by atoms with van der Waals surface area (Å²) in [6.45, 7) is 1.04. The first-order valence-electron chi connectivity index (χ1n) is 12.8. The van der Waals surface area contributed by atoms with Crippen LogP contribution in [0.1, 0.15) is 24.0 Å². The van der Waals surface area contributed by atoms with Gasteiger partial charge in [0.05, 0.1) is 37.2 Å². The van der Waals surface area contributed by atoms with Crippen molar-refractivity contribution in [3.05, 3.63) is 90.0 Å². The van der Waals surface area contributed by atoms with Crippen LogP contribution in [-0.2, 0) is 27.2 Å². The Morgan fingerprint density at radius 1 is 0.921 bits per heavy atom. The smallest absolute Gasteiger partial charge is 0.228 e. The predicted octanol–water partition coefficient (Wildman–Crippen LogP) is 6.12. The molecule has 0 spiro atoms. The third kappa shape index (κ3) is 5.50. The number of rotatable bonds is 10. The highest BCUT2D eigenvalue weighted by Gasteiger charge is 2.24. The largest absolute Gasteiger partial charge is 0.496 e. The zero-order valence-corrected chi connectivity index (χ0v) is 21.4. The van der Waals surface area contributed by atoms with Gasteiger partial charge in [-0.25, -0.2) is 4.98 Å². The molecule has 0 unspecified atom stereocenters. The Balaban J connectivity index is 1.58. The summed E-state index contributed by atoms with van der Waals surface area (Å²) in [7, 11) is 1.68. The number of aldehydes is 1. The lowest BCUT2D eigenvalue weighted by Gasteiger charge is -2.17. The van der Waals surface area contributed by atoms with Crippen molar-refractivity contribution >= 4 is 17.9 Å². The Bertz CT molecular complexity index is 1450. The second-order valence-corrected chi connectivity index (χ2v) is 9.22. The lowest BCUT2D eigenvalue weighted by Crippen LogP contribution is -2.13. The van der Waals surface area contributed by atoms with Crippen LogP contribution in [0.25, 0.3) is 33.6 Å². The molecule has 1 N–H and O–H groups in total. The highest BCUT2D eigenvalue weighted by atomic mass is 16.5. The Kier molecular flexibility index (Phi) is 7.90. The molecule has 0 radical (unpaired) electrons. The van der Waals surface area contributed by atoms with Gasteiger partial charge in [0.15, 0.2) is 0 Å². The van der Waals surface area contributed by atoms with Gasteiger partial charge in [-0.05, 0) is 53.3 Å². The summed E-state index contributed by atoms with van der Waals surface area (Å²) in [5.41, 5.74) is 8.25. The molecule has 0 saturated carbocycles. The molecule has 2 heterocycles. The number of aromatic nitrogens is 1. The van der Waals surface area contributed by atoms with Crippen LogP contribution in [0.4, 0.5) is 5.69 Å². The second-order valence-electron chi connectivity index (χ2n) is 9.22. The van der Waals surface area contributed by atoms with Crippen LogP contribution in [0.15, 0.2) is 78.9 Å². The normalized spacial score (nSPS) is 12.2. The van der Waals surface area contributed by atoms with Gasteiger partial charge >= 0.3 is 0 Å². The number of pyridine rings is 1. The first-order valence-corrected chi connectivity index (χ1v) is 12.8. The van der Waals surface area contributed by atoms with E-state index in [4.69, 9.17) is 14.5 Å². The van der Waals surface area contributed by atoms with E-state index in [1.54, 1.807) is 7.11 Å². The second kappa shape index (κ2) is 11.8. The van der Waals surface area contributed by atoms with Crippen molar-refractivity contribution in [3.8, 4) is 39.4 Å². The van der Waals surface area contributed by atoms with Crippen molar-refractivity contribution in [2.45, 2.75) is 25.7 Å². The third-order valence-electron chi connectivity index (χ3n) is 6.70. The highest BCUT2D eigenvalue weighted by molar-refractivity contribution is 6.02. The van der Waals surface area contributed by atoms with Gasteiger partial charge in [-0.15, -0.1) is 0 Å². The summed E-state index contributed by atoms with van der Waals surface area (Å²) in [6, 6.07) is 26.2. The number of fused-ring (bicyclic) bond motifs is 3. The minimum Gasteiger partial charge on any atom is -0.496 e. The highest BCUT2D eigenvalue weighted by Crippen LogP contribution is 2.40. The molecular weight excluding hydrogens is 476 g/mol. The molecule has 192 valence electrons. The summed E-state index contributed by atoms with van der Waals surface area (Å²) < 4.78 is 11.3. The Hall–Kier alpha value is -4.29. The number of aryl methyl sites for hydroxylation is 1. The SMILES string of the molecule is COc1cc(-c2cc(-c3ccccc3)nc3c2CC(=O)Nc2ccccc2-3)ccc1CCCOCCC=O.